The number of hydrogen-bond acceptors (Lipinski definition) is 4. The van der Waals surface area contributed by atoms with Crippen LogP contribution in [-0.4, -0.2) is 16.2 Å². The largest absolute Gasteiger partial charge is 0.407 e. The Morgan fingerprint density at radius 1 is 1.28 bits per heavy atom. The summed E-state index contributed by atoms with van der Waals surface area (Å²) in [7, 11) is 0. The van der Waals surface area contributed by atoms with Crippen molar-refractivity contribution >= 4 is 17.6 Å². The van der Waals surface area contributed by atoms with Gasteiger partial charge in [-0.2, -0.15) is 0 Å². The molecule has 0 saturated carbocycles. The maximum Gasteiger partial charge on any atom is 0.315 e. The van der Waals surface area contributed by atoms with Crippen LogP contribution in [0.15, 0.2) is 34.7 Å². The second-order valence-corrected chi connectivity index (χ2v) is 4.47. The summed E-state index contributed by atoms with van der Waals surface area (Å²) in [5.74, 6) is 0.682. The van der Waals surface area contributed by atoms with Gasteiger partial charge in [0, 0.05) is 6.04 Å². The number of aromatic nitrogens is 2. The predicted octanol–water partition coefficient (Wildman–Crippen LogP) is 3.24. The SMILES string of the molecule is CC(CCc1ccccc1)Nc1nnc(CCl)o1. The van der Waals surface area contributed by atoms with Crippen LogP contribution in [0.1, 0.15) is 24.8 Å². The van der Waals surface area contributed by atoms with Gasteiger partial charge >= 0.3 is 6.01 Å². The molecule has 1 heterocycles. The zero-order valence-electron chi connectivity index (χ0n) is 10.3. The fourth-order valence-corrected chi connectivity index (χ4v) is 1.78. The van der Waals surface area contributed by atoms with Gasteiger partial charge in [-0.25, -0.2) is 0 Å². The van der Waals surface area contributed by atoms with E-state index in [0.717, 1.165) is 12.8 Å². The number of aryl methyl sites for hydroxylation is 1. The molecule has 1 atom stereocenters. The summed E-state index contributed by atoms with van der Waals surface area (Å²) < 4.78 is 5.29. The molecular formula is C13H16ClN3O. The van der Waals surface area contributed by atoms with E-state index in [1.807, 2.05) is 6.07 Å². The van der Waals surface area contributed by atoms with Gasteiger partial charge < -0.3 is 9.73 Å². The number of rotatable bonds is 6. The molecule has 0 aliphatic carbocycles. The third kappa shape index (κ3) is 3.74. The topological polar surface area (TPSA) is 51.0 Å². The first-order chi connectivity index (χ1) is 8.78. The summed E-state index contributed by atoms with van der Waals surface area (Å²) in [6, 6.07) is 11.1. The van der Waals surface area contributed by atoms with Gasteiger partial charge in [0.15, 0.2) is 0 Å². The van der Waals surface area contributed by atoms with Crippen molar-refractivity contribution in [2.75, 3.05) is 5.32 Å². The minimum Gasteiger partial charge on any atom is -0.407 e. The highest BCUT2D eigenvalue weighted by Crippen LogP contribution is 2.11. The third-order valence-electron chi connectivity index (χ3n) is 2.66. The molecule has 0 radical (unpaired) electrons. The van der Waals surface area contributed by atoms with E-state index < -0.39 is 0 Å². The lowest BCUT2D eigenvalue weighted by Gasteiger charge is -2.11. The van der Waals surface area contributed by atoms with Crippen molar-refractivity contribution < 1.29 is 4.42 Å². The van der Waals surface area contributed by atoms with Crippen molar-refractivity contribution in [1.82, 2.24) is 10.2 Å². The highest BCUT2D eigenvalue weighted by atomic mass is 35.5. The van der Waals surface area contributed by atoms with E-state index in [4.69, 9.17) is 16.0 Å². The first kappa shape index (κ1) is 12.9. The van der Waals surface area contributed by atoms with E-state index in [1.165, 1.54) is 5.56 Å². The fraction of sp³-hybridized carbons (Fsp3) is 0.385. The molecule has 2 rings (SSSR count). The molecule has 0 amide bonds. The Hall–Kier alpha value is -1.55. The number of anilines is 1. The number of hydrogen-bond donors (Lipinski definition) is 1. The molecular weight excluding hydrogens is 250 g/mol. The number of nitrogens with one attached hydrogen (secondary N) is 1. The molecule has 1 N–H and O–H groups in total. The summed E-state index contributed by atoms with van der Waals surface area (Å²) in [5, 5.41) is 10.8. The normalized spacial score (nSPS) is 12.3. The van der Waals surface area contributed by atoms with E-state index in [1.54, 1.807) is 0 Å². The Labute approximate surface area is 111 Å². The Morgan fingerprint density at radius 3 is 2.72 bits per heavy atom. The van der Waals surface area contributed by atoms with Gasteiger partial charge in [-0.05, 0) is 25.3 Å². The molecule has 96 valence electrons. The van der Waals surface area contributed by atoms with E-state index >= 15 is 0 Å². The molecule has 1 aromatic heterocycles. The first-order valence-corrected chi connectivity index (χ1v) is 6.50. The van der Waals surface area contributed by atoms with Gasteiger partial charge in [0.05, 0.1) is 0 Å². The number of benzene rings is 1. The molecule has 0 bridgehead atoms. The van der Waals surface area contributed by atoms with E-state index in [2.05, 4.69) is 46.7 Å². The van der Waals surface area contributed by atoms with Crippen molar-refractivity contribution in [2.24, 2.45) is 0 Å². The standard InChI is InChI=1S/C13H16ClN3O/c1-10(7-8-11-5-3-2-4-6-11)15-13-17-16-12(9-14)18-13/h2-6,10H,7-9H2,1H3,(H,15,17). The van der Waals surface area contributed by atoms with Crippen molar-refractivity contribution in [3.05, 3.63) is 41.8 Å². The number of halogens is 1. The van der Waals surface area contributed by atoms with Crippen LogP contribution >= 0.6 is 11.6 Å². The smallest absolute Gasteiger partial charge is 0.315 e. The Kier molecular flexibility index (Phi) is 4.59. The lowest BCUT2D eigenvalue weighted by atomic mass is 10.1. The zero-order chi connectivity index (χ0) is 12.8. The summed E-state index contributed by atoms with van der Waals surface area (Å²) in [4.78, 5) is 0. The van der Waals surface area contributed by atoms with Gasteiger partial charge in [-0.1, -0.05) is 35.4 Å². The van der Waals surface area contributed by atoms with Gasteiger partial charge in [-0.15, -0.1) is 16.7 Å². The van der Waals surface area contributed by atoms with Crippen LogP contribution in [0.25, 0.3) is 0 Å². The van der Waals surface area contributed by atoms with Crippen LogP contribution in [0.2, 0.25) is 0 Å². The lowest BCUT2D eigenvalue weighted by Crippen LogP contribution is -2.16. The van der Waals surface area contributed by atoms with Crippen LogP contribution < -0.4 is 5.32 Å². The number of alkyl halides is 1. The van der Waals surface area contributed by atoms with Crippen LogP contribution in [-0.2, 0) is 12.3 Å². The molecule has 1 aromatic carbocycles. The first-order valence-electron chi connectivity index (χ1n) is 5.96. The molecule has 0 fully saturated rings. The van der Waals surface area contributed by atoms with E-state index in [-0.39, 0.29) is 11.9 Å². The Morgan fingerprint density at radius 2 is 2.06 bits per heavy atom. The highest BCUT2D eigenvalue weighted by Gasteiger charge is 2.08. The molecule has 0 aliphatic heterocycles. The molecule has 18 heavy (non-hydrogen) atoms. The van der Waals surface area contributed by atoms with Crippen molar-refractivity contribution in [3.8, 4) is 0 Å². The van der Waals surface area contributed by atoms with Crippen molar-refractivity contribution in [2.45, 2.75) is 31.7 Å². The van der Waals surface area contributed by atoms with Crippen LogP contribution in [0.5, 0.6) is 0 Å². The van der Waals surface area contributed by atoms with E-state index in [0.29, 0.717) is 11.9 Å². The molecule has 0 saturated heterocycles. The minimum absolute atomic E-state index is 0.243. The molecule has 5 heteroatoms. The summed E-state index contributed by atoms with van der Waals surface area (Å²) in [6.07, 6.45) is 2.02. The second kappa shape index (κ2) is 6.40. The fourth-order valence-electron chi connectivity index (χ4n) is 1.68. The summed E-state index contributed by atoms with van der Waals surface area (Å²) in [6.45, 7) is 2.09. The average Bonchev–Trinajstić information content (AvgIpc) is 2.85. The lowest BCUT2D eigenvalue weighted by molar-refractivity contribution is 0.516. The third-order valence-corrected chi connectivity index (χ3v) is 2.89. The number of nitrogens with zero attached hydrogens (tertiary/aromatic N) is 2. The average molecular weight is 266 g/mol. The second-order valence-electron chi connectivity index (χ2n) is 4.20. The maximum atomic E-state index is 5.59. The zero-order valence-corrected chi connectivity index (χ0v) is 11.0. The van der Waals surface area contributed by atoms with Crippen molar-refractivity contribution in [3.63, 3.8) is 0 Å². The molecule has 1 unspecified atom stereocenters. The molecule has 0 spiro atoms. The summed E-state index contributed by atoms with van der Waals surface area (Å²) in [5.41, 5.74) is 1.33. The minimum atomic E-state index is 0.243. The van der Waals surface area contributed by atoms with Gasteiger partial charge in [0.2, 0.25) is 5.89 Å². The molecule has 2 aromatic rings. The van der Waals surface area contributed by atoms with E-state index in [9.17, 15) is 0 Å². The predicted molar refractivity (Wildman–Crippen MR) is 71.7 cm³/mol. The Bertz CT molecular complexity index is 472. The highest BCUT2D eigenvalue weighted by molar-refractivity contribution is 6.16. The monoisotopic (exact) mass is 265 g/mol. The Balaban J connectivity index is 1.80. The molecule has 4 nitrogen and oxygen atoms in total. The maximum absolute atomic E-state index is 5.59. The van der Waals surface area contributed by atoms with Gasteiger partial charge in [0.1, 0.15) is 5.88 Å². The van der Waals surface area contributed by atoms with Crippen LogP contribution in [0.3, 0.4) is 0 Å². The van der Waals surface area contributed by atoms with Crippen LogP contribution in [0.4, 0.5) is 6.01 Å². The van der Waals surface area contributed by atoms with Gasteiger partial charge in [-0.3, -0.25) is 0 Å². The van der Waals surface area contributed by atoms with Crippen LogP contribution in [0, 0.1) is 0 Å². The quantitative estimate of drug-likeness (QED) is 0.815. The molecule has 0 aliphatic rings. The summed E-state index contributed by atoms with van der Waals surface area (Å²) >= 11 is 5.59. The van der Waals surface area contributed by atoms with Gasteiger partial charge in [0.25, 0.3) is 0 Å². The van der Waals surface area contributed by atoms with Crippen molar-refractivity contribution in [1.29, 1.82) is 0 Å².